The Morgan fingerprint density at radius 3 is 2.55 bits per heavy atom. The van der Waals surface area contributed by atoms with Gasteiger partial charge in [-0.2, -0.15) is 4.31 Å². The molecule has 2 aromatic carbocycles. The lowest BCUT2D eigenvalue weighted by Crippen LogP contribution is -2.32. The minimum Gasteiger partial charge on any atom is -0.496 e. The van der Waals surface area contributed by atoms with Gasteiger partial charge in [-0.25, -0.2) is 13.4 Å². The molecule has 0 spiro atoms. The monoisotopic (exact) mass is 468 g/mol. The summed E-state index contributed by atoms with van der Waals surface area (Å²) in [4.78, 5) is 17.3. The molecule has 4 rings (SSSR count). The number of ether oxygens (including phenoxy) is 1. The van der Waals surface area contributed by atoms with Crippen LogP contribution >= 0.6 is 0 Å². The number of benzene rings is 2. The second-order valence-corrected chi connectivity index (χ2v) is 9.90. The standard InChI is InChI=1S/C24H28N4O4S/c1-32-23-11-10-20(33(30,31)28-13-6-2-3-7-14-28)16-21(23)24(29)26-17-19-8-4-5-9-22(19)27-15-12-25-18-27/h4-5,8-12,15-16,18H,2-3,6-7,13-14,17H2,1H3,(H,26,29). The summed E-state index contributed by atoms with van der Waals surface area (Å²) < 4.78 is 35.2. The van der Waals surface area contributed by atoms with Crippen molar-refractivity contribution >= 4 is 15.9 Å². The molecule has 0 unspecified atom stereocenters. The molecule has 0 aliphatic carbocycles. The number of hydrogen-bond donors (Lipinski definition) is 1. The van der Waals surface area contributed by atoms with Gasteiger partial charge in [0, 0.05) is 32.0 Å². The Bertz CT molecular complexity index is 1200. The number of para-hydroxylation sites is 1. The van der Waals surface area contributed by atoms with Crippen molar-refractivity contribution in [2.45, 2.75) is 37.1 Å². The normalized spacial score (nSPS) is 15.1. The number of nitrogens with one attached hydrogen (secondary N) is 1. The van der Waals surface area contributed by atoms with E-state index in [-0.39, 0.29) is 17.0 Å². The highest BCUT2D eigenvalue weighted by Gasteiger charge is 2.27. The van der Waals surface area contributed by atoms with E-state index in [0.29, 0.717) is 18.8 Å². The number of nitrogens with zero attached hydrogens (tertiary/aromatic N) is 3. The SMILES string of the molecule is COc1ccc(S(=O)(=O)N2CCCCCC2)cc1C(=O)NCc1ccccc1-n1ccnc1. The smallest absolute Gasteiger partial charge is 0.255 e. The summed E-state index contributed by atoms with van der Waals surface area (Å²) in [5.41, 5.74) is 1.99. The van der Waals surface area contributed by atoms with Gasteiger partial charge in [0.15, 0.2) is 0 Å². The fraction of sp³-hybridized carbons (Fsp3) is 0.333. The number of aromatic nitrogens is 2. The molecular formula is C24H28N4O4S. The van der Waals surface area contributed by atoms with Gasteiger partial charge in [0.05, 0.1) is 29.6 Å². The van der Waals surface area contributed by atoms with Crippen LogP contribution < -0.4 is 10.1 Å². The van der Waals surface area contributed by atoms with Crippen LogP contribution in [0.1, 0.15) is 41.6 Å². The maximum Gasteiger partial charge on any atom is 0.255 e. The van der Waals surface area contributed by atoms with Gasteiger partial charge in [-0.3, -0.25) is 4.79 Å². The zero-order chi connectivity index (χ0) is 23.3. The first-order valence-electron chi connectivity index (χ1n) is 11.0. The predicted molar refractivity (Wildman–Crippen MR) is 125 cm³/mol. The largest absolute Gasteiger partial charge is 0.496 e. The van der Waals surface area contributed by atoms with Crippen molar-refractivity contribution in [1.82, 2.24) is 19.2 Å². The number of hydrogen-bond acceptors (Lipinski definition) is 5. The van der Waals surface area contributed by atoms with Gasteiger partial charge in [-0.15, -0.1) is 0 Å². The van der Waals surface area contributed by atoms with Crippen molar-refractivity contribution in [2.24, 2.45) is 0 Å². The van der Waals surface area contributed by atoms with Crippen LogP contribution in [0.2, 0.25) is 0 Å². The molecule has 1 aromatic heterocycles. The van der Waals surface area contributed by atoms with Crippen molar-refractivity contribution in [1.29, 1.82) is 0 Å². The highest BCUT2D eigenvalue weighted by atomic mass is 32.2. The first-order chi connectivity index (χ1) is 16.0. The topological polar surface area (TPSA) is 93.5 Å². The predicted octanol–water partition coefficient (Wildman–Crippen LogP) is 3.38. The molecule has 33 heavy (non-hydrogen) atoms. The van der Waals surface area contributed by atoms with Gasteiger partial charge in [0.2, 0.25) is 10.0 Å². The van der Waals surface area contributed by atoms with E-state index < -0.39 is 15.9 Å². The third-order valence-corrected chi connectivity index (χ3v) is 7.73. The van der Waals surface area contributed by atoms with Gasteiger partial charge >= 0.3 is 0 Å². The quantitative estimate of drug-likeness (QED) is 0.574. The summed E-state index contributed by atoms with van der Waals surface area (Å²) in [5.74, 6) is -0.0783. The lowest BCUT2D eigenvalue weighted by molar-refractivity contribution is 0.0947. The average molecular weight is 469 g/mol. The summed E-state index contributed by atoms with van der Waals surface area (Å²) in [6, 6.07) is 12.1. The van der Waals surface area contributed by atoms with Crippen LogP contribution in [0.15, 0.2) is 66.1 Å². The Balaban J connectivity index is 1.57. The zero-order valence-electron chi connectivity index (χ0n) is 18.6. The van der Waals surface area contributed by atoms with Crippen molar-refractivity contribution in [3.8, 4) is 11.4 Å². The highest BCUT2D eigenvalue weighted by molar-refractivity contribution is 7.89. The molecule has 1 aliphatic heterocycles. The summed E-state index contributed by atoms with van der Waals surface area (Å²) >= 11 is 0. The number of sulfonamides is 1. The van der Waals surface area contributed by atoms with E-state index in [1.165, 1.54) is 23.5 Å². The third-order valence-electron chi connectivity index (χ3n) is 5.83. The Morgan fingerprint density at radius 2 is 1.85 bits per heavy atom. The van der Waals surface area contributed by atoms with Gasteiger partial charge in [-0.1, -0.05) is 31.0 Å². The fourth-order valence-electron chi connectivity index (χ4n) is 4.04. The second kappa shape index (κ2) is 10.2. The summed E-state index contributed by atoms with van der Waals surface area (Å²) in [6.07, 6.45) is 8.97. The molecule has 9 heteroatoms. The molecule has 1 N–H and O–H groups in total. The Morgan fingerprint density at radius 1 is 1.09 bits per heavy atom. The molecule has 174 valence electrons. The molecule has 1 fully saturated rings. The Kier molecular flexibility index (Phi) is 7.10. The van der Waals surface area contributed by atoms with Crippen molar-refractivity contribution in [3.63, 3.8) is 0 Å². The van der Waals surface area contributed by atoms with Crippen molar-refractivity contribution in [2.75, 3.05) is 20.2 Å². The van der Waals surface area contributed by atoms with Gasteiger partial charge < -0.3 is 14.6 Å². The van der Waals surface area contributed by atoms with Crippen LogP contribution in [0.4, 0.5) is 0 Å². The molecule has 3 aromatic rings. The Labute approximate surface area is 194 Å². The average Bonchev–Trinajstić information content (AvgIpc) is 3.23. The molecule has 0 bridgehead atoms. The minimum atomic E-state index is -3.68. The molecule has 1 amide bonds. The third kappa shape index (κ3) is 5.09. The maximum atomic E-state index is 13.2. The lowest BCUT2D eigenvalue weighted by Gasteiger charge is -2.20. The fourth-order valence-corrected chi connectivity index (χ4v) is 5.58. The summed E-state index contributed by atoms with van der Waals surface area (Å²) in [7, 11) is -2.22. The summed E-state index contributed by atoms with van der Waals surface area (Å²) in [5, 5.41) is 2.90. The van der Waals surface area contributed by atoms with Gasteiger partial charge in [0.25, 0.3) is 5.91 Å². The highest BCUT2D eigenvalue weighted by Crippen LogP contribution is 2.26. The van der Waals surface area contributed by atoms with E-state index in [1.54, 1.807) is 18.6 Å². The molecule has 0 atom stereocenters. The molecule has 1 aliphatic rings. The first kappa shape index (κ1) is 23.0. The van der Waals surface area contributed by atoms with E-state index in [2.05, 4.69) is 10.3 Å². The number of carbonyl (C=O) groups is 1. The van der Waals surface area contributed by atoms with E-state index in [4.69, 9.17) is 4.74 Å². The maximum absolute atomic E-state index is 13.2. The molecule has 0 saturated carbocycles. The van der Waals surface area contributed by atoms with Crippen LogP contribution in [0, 0.1) is 0 Å². The van der Waals surface area contributed by atoms with Crippen LogP contribution in [-0.2, 0) is 16.6 Å². The van der Waals surface area contributed by atoms with Crippen LogP contribution in [0.3, 0.4) is 0 Å². The Hall–Kier alpha value is -3.17. The second-order valence-electron chi connectivity index (χ2n) is 7.96. The van der Waals surface area contributed by atoms with Crippen molar-refractivity contribution < 1.29 is 17.9 Å². The molecule has 0 radical (unpaired) electrons. The van der Waals surface area contributed by atoms with E-state index in [0.717, 1.165) is 36.9 Å². The van der Waals surface area contributed by atoms with Crippen molar-refractivity contribution in [3.05, 3.63) is 72.3 Å². The van der Waals surface area contributed by atoms with Gasteiger partial charge in [-0.05, 0) is 42.7 Å². The number of carbonyl (C=O) groups excluding carboxylic acids is 1. The minimum absolute atomic E-state index is 0.106. The van der Waals surface area contributed by atoms with E-state index in [9.17, 15) is 13.2 Å². The van der Waals surface area contributed by atoms with Crippen LogP contribution in [0.5, 0.6) is 5.75 Å². The van der Waals surface area contributed by atoms with Crippen LogP contribution in [-0.4, -0.2) is 48.4 Å². The first-order valence-corrected chi connectivity index (χ1v) is 12.5. The molecule has 1 saturated heterocycles. The number of methoxy groups -OCH3 is 1. The van der Waals surface area contributed by atoms with Gasteiger partial charge in [0.1, 0.15) is 5.75 Å². The molecule has 2 heterocycles. The molecule has 8 nitrogen and oxygen atoms in total. The lowest BCUT2D eigenvalue weighted by atomic mass is 10.1. The molecular weight excluding hydrogens is 440 g/mol. The number of rotatable bonds is 7. The number of imidazole rings is 1. The summed E-state index contributed by atoms with van der Waals surface area (Å²) in [6.45, 7) is 1.27. The zero-order valence-corrected chi connectivity index (χ0v) is 19.4. The van der Waals surface area contributed by atoms with E-state index >= 15 is 0 Å². The van der Waals surface area contributed by atoms with Crippen LogP contribution in [0.25, 0.3) is 5.69 Å². The number of amides is 1. The van der Waals surface area contributed by atoms with E-state index in [1.807, 2.05) is 35.0 Å².